The number of ether oxygens (including phenoxy) is 3. The van der Waals surface area contributed by atoms with Crippen molar-refractivity contribution in [3.63, 3.8) is 0 Å². The third-order valence-corrected chi connectivity index (χ3v) is 4.18. The molecule has 1 aliphatic rings. The Labute approximate surface area is 136 Å². The topological polar surface area (TPSA) is 65.1 Å². The molecule has 0 radical (unpaired) electrons. The van der Waals surface area contributed by atoms with Gasteiger partial charge in [0.1, 0.15) is 12.4 Å². The maximum absolute atomic E-state index is 12.1. The number of methoxy groups -OCH3 is 2. The van der Waals surface area contributed by atoms with Crippen molar-refractivity contribution in [1.29, 1.82) is 0 Å². The van der Waals surface area contributed by atoms with E-state index in [0.717, 1.165) is 15.7 Å². The molecule has 1 heterocycles. The molecule has 6 nitrogen and oxygen atoms in total. The molecule has 1 aromatic carbocycles. The average Bonchev–Trinajstić information content (AvgIpc) is 2.55. The van der Waals surface area contributed by atoms with E-state index in [1.807, 2.05) is 25.1 Å². The van der Waals surface area contributed by atoms with Gasteiger partial charge < -0.3 is 19.1 Å². The fraction of sp³-hybridized carbons (Fsp3) is 0.333. The Balaban J connectivity index is 2.54. The molecule has 1 aromatic rings. The lowest BCUT2D eigenvalue weighted by atomic mass is 10.1. The first-order chi connectivity index (χ1) is 10.5. The molecule has 0 bridgehead atoms. The number of aryl methyl sites for hydroxylation is 1. The number of carbonyl (C=O) groups excluding carboxylic acids is 2. The van der Waals surface area contributed by atoms with Gasteiger partial charge in [-0.1, -0.05) is 15.9 Å². The second-order valence-electron chi connectivity index (χ2n) is 4.65. The highest BCUT2D eigenvalue weighted by Crippen LogP contribution is 2.29. The molecule has 0 saturated heterocycles. The minimum atomic E-state index is -0.612. The van der Waals surface area contributed by atoms with Crippen LogP contribution in [0.15, 0.2) is 33.9 Å². The Morgan fingerprint density at radius 1 is 1.23 bits per heavy atom. The summed E-state index contributed by atoms with van der Waals surface area (Å²) in [6.45, 7) is 2.08. The highest BCUT2D eigenvalue weighted by atomic mass is 79.9. The SMILES string of the molecule is COC(=O)C1=C(C(=O)OC)N(c2ccc(Br)c(C)c2)COC1. The molecule has 0 saturated carbocycles. The van der Waals surface area contributed by atoms with Crippen molar-refractivity contribution in [2.75, 3.05) is 32.5 Å². The van der Waals surface area contributed by atoms with Crippen molar-refractivity contribution in [3.8, 4) is 0 Å². The van der Waals surface area contributed by atoms with Gasteiger partial charge in [-0.2, -0.15) is 0 Å². The molecule has 0 aliphatic carbocycles. The molecular weight excluding hydrogens is 354 g/mol. The molecule has 0 aromatic heterocycles. The summed E-state index contributed by atoms with van der Waals surface area (Å²) in [4.78, 5) is 25.6. The Morgan fingerprint density at radius 3 is 2.50 bits per heavy atom. The largest absolute Gasteiger partial charge is 0.466 e. The standard InChI is InChI=1S/C15H16BrNO5/c1-9-6-10(4-5-12(9)16)17-8-22-7-11(14(18)20-2)13(17)15(19)21-3/h4-6H,7-8H2,1-3H3. The normalized spacial score (nSPS) is 14.8. The van der Waals surface area contributed by atoms with Crippen LogP contribution in [0.1, 0.15) is 5.56 Å². The van der Waals surface area contributed by atoms with Gasteiger partial charge in [0, 0.05) is 10.2 Å². The average molecular weight is 370 g/mol. The van der Waals surface area contributed by atoms with Crippen molar-refractivity contribution in [1.82, 2.24) is 0 Å². The van der Waals surface area contributed by atoms with Crippen molar-refractivity contribution in [3.05, 3.63) is 39.5 Å². The van der Waals surface area contributed by atoms with Gasteiger partial charge in [-0.15, -0.1) is 0 Å². The number of hydrogen-bond donors (Lipinski definition) is 0. The third kappa shape index (κ3) is 3.15. The van der Waals surface area contributed by atoms with E-state index in [9.17, 15) is 9.59 Å². The van der Waals surface area contributed by atoms with Crippen LogP contribution in [0.25, 0.3) is 0 Å². The number of halogens is 1. The lowest BCUT2D eigenvalue weighted by molar-refractivity contribution is -0.140. The van der Waals surface area contributed by atoms with Gasteiger partial charge in [-0.25, -0.2) is 9.59 Å². The molecule has 0 N–H and O–H groups in total. The molecule has 0 spiro atoms. The lowest BCUT2D eigenvalue weighted by Crippen LogP contribution is -2.38. The summed E-state index contributed by atoms with van der Waals surface area (Å²) < 4.78 is 15.9. The van der Waals surface area contributed by atoms with Gasteiger partial charge in [0.25, 0.3) is 0 Å². The summed E-state index contributed by atoms with van der Waals surface area (Å²) in [5.74, 6) is -1.22. The van der Waals surface area contributed by atoms with Gasteiger partial charge in [-0.05, 0) is 30.7 Å². The Kier molecular flexibility index (Phi) is 5.20. The zero-order chi connectivity index (χ0) is 16.3. The third-order valence-electron chi connectivity index (χ3n) is 3.29. The van der Waals surface area contributed by atoms with Gasteiger partial charge in [-0.3, -0.25) is 0 Å². The van der Waals surface area contributed by atoms with Crippen molar-refractivity contribution in [2.24, 2.45) is 0 Å². The van der Waals surface area contributed by atoms with E-state index in [1.54, 1.807) is 4.90 Å². The minimum absolute atomic E-state index is 0.00309. The van der Waals surface area contributed by atoms with Crippen molar-refractivity contribution >= 4 is 33.6 Å². The number of anilines is 1. The molecule has 2 rings (SSSR count). The molecule has 22 heavy (non-hydrogen) atoms. The molecule has 118 valence electrons. The molecular formula is C15H16BrNO5. The summed E-state index contributed by atoms with van der Waals surface area (Å²) >= 11 is 3.43. The van der Waals surface area contributed by atoms with E-state index >= 15 is 0 Å². The van der Waals surface area contributed by atoms with Gasteiger partial charge >= 0.3 is 11.9 Å². The second-order valence-corrected chi connectivity index (χ2v) is 5.50. The predicted octanol–water partition coefficient (Wildman–Crippen LogP) is 2.15. The number of carbonyl (C=O) groups is 2. The van der Waals surface area contributed by atoms with Crippen LogP contribution in [0.5, 0.6) is 0 Å². The maximum Gasteiger partial charge on any atom is 0.355 e. The molecule has 7 heteroatoms. The van der Waals surface area contributed by atoms with E-state index in [2.05, 4.69) is 15.9 Å². The first kappa shape index (κ1) is 16.5. The highest BCUT2D eigenvalue weighted by Gasteiger charge is 2.32. The minimum Gasteiger partial charge on any atom is -0.466 e. The van der Waals surface area contributed by atoms with Crippen LogP contribution in [0.3, 0.4) is 0 Å². The van der Waals surface area contributed by atoms with Crippen LogP contribution < -0.4 is 4.90 Å². The molecule has 0 atom stereocenters. The quantitative estimate of drug-likeness (QED) is 0.760. The van der Waals surface area contributed by atoms with Crippen LogP contribution >= 0.6 is 15.9 Å². The van der Waals surface area contributed by atoms with Crippen LogP contribution in [-0.4, -0.2) is 39.5 Å². The number of hydrogen-bond acceptors (Lipinski definition) is 6. The van der Waals surface area contributed by atoms with Crippen LogP contribution in [-0.2, 0) is 23.8 Å². The monoisotopic (exact) mass is 369 g/mol. The summed E-state index contributed by atoms with van der Waals surface area (Å²) in [6.07, 6.45) is 0. The fourth-order valence-electron chi connectivity index (χ4n) is 2.14. The zero-order valence-corrected chi connectivity index (χ0v) is 14.1. The summed E-state index contributed by atoms with van der Waals surface area (Å²) in [6, 6.07) is 5.58. The van der Waals surface area contributed by atoms with E-state index < -0.39 is 11.9 Å². The number of rotatable bonds is 3. The Hall–Kier alpha value is -1.86. The van der Waals surface area contributed by atoms with Crippen LogP contribution in [0.2, 0.25) is 0 Å². The van der Waals surface area contributed by atoms with E-state index in [-0.39, 0.29) is 24.6 Å². The van der Waals surface area contributed by atoms with Crippen LogP contribution in [0.4, 0.5) is 5.69 Å². The lowest BCUT2D eigenvalue weighted by Gasteiger charge is -2.31. The molecule has 0 amide bonds. The summed E-state index contributed by atoms with van der Waals surface area (Å²) in [5, 5.41) is 0. The predicted molar refractivity (Wildman–Crippen MR) is 83.2 cm³/mol. The fourth-order valence-corrected chi connectivity index (χ4v) is 2.39. The Bertz CT molecular complexity index is 641. The van der Waals surface area contributed by atoms with E-state index in [0.29, 0.717) is 0 Å². The maximum atomic E-state index is 12.1. The van der Waals surface area contributed by atoms with Gasteiger partial charge in [0.15, 0.2) is 0 Å². The van der Waals surface area contributed by atoms with Crippen LogP contribution in [0, 0.1) is 6.92 Å². The molecule has 1 aliphatic heterocycles. The molecule has 0 unspecified atom stereocenters. The number of benzene rings is 1. The first-order valence-electron chi connectivity index (χ1n) is 6.50. The van der Waals surface area contributed by atoms with E-state index in [1.165, 1.54) is 14.2 Å². The smallest absolute Gasteiger partial charge is 0.355 e. The van der Waals surface area contributed by atoms with Gasteiger partial charge in [0.2, 0.25) is 0 Å². The van der Waals surface area contributed by atoms with Crippen molar-refractivity contribution in [2.45, 2.75) is 6.92 Å². The zero-order valence-electron chi connectivity index (χ0n) is 12.5. The first-order valence-corrected chi connectivity index (χ1v) is 7.30. The highest BCUT2D eigenvalue weighted by molar-refractivity contribution is 9.10. The number of nitrogens with zero attached hydrogens (tertiary/aromatic N) is 1. The van der Waals surface area contributed by atoms with Crippen molar-refractivity contribution < 1.29 is 23.8 Å². The summed E-state index contributed by atoms with van der Waals surface area (Å²) in [7, 11) is 2.53. The molecule has 0 fully saturated rings. The summed E-state index contributed by atoms with van der Waals surface area (Å²) in [5.41, 5.74) is 2.00. The second kappa shape index (κ2) is 6.93. The number of esters is 2. The van der Waals surface area contributed by atoms with Gasteiger partial charge in [0.05, 0.1) is 26.4 Å². The Morgan fingerprint density at radius 2 is 1.91 bits per heavy atom. The van der Waals surface area contributed by atoms with E-state index in [4.69, 9.17) is 14.2 Å².